The highest BCUT2D eigenvalue weighted by Gasteiger charge is 2.29. The molecule has 0 fully saturated rings. The zero-order valence-electron chi connectivity index (χ0n) is 8.79. The first-order chi connectivity index (χ1) is 5.70. The molecular weight excluding hydrogens is 188 g/mol. The molecule has 1 atom stereocenters. The Morgan fingerprint density at radius 1 is 1.46 bits per heavy atom. The van der Waals surface area contributed by atoms with Crippen LogP contribution in [0.25, 0.3) is 0 Å². The predicted molar refractivity (Wildman–Crippen MR) is 55.4 cm³/mol. The van der Waals surface area contributed by atoms with Gasteiger partial charge < -0.3 is 11.1 Å². The average molecular weight is 208 g/mol. The molecular formula is C8H20N2O2S. The van der Waals surface area contributed by atoms with Crippen molar-refractivity contribution in [3.8, 4) is 0 Å². The predicted octanol–water partition coefficient (Wildman–Crippen LogP) is -0.254. The van der Waals surface area contributed by atoms with Crippen molar-refractivity contribution in [1.82, 2.24) is 5.32 Å². The Kier molecular flexibility index (Phi) is 4.35. The molecule has 0 spiro atoms. The Morgan fingerprint density at radius 2 is 1.92 bits per heavy atom. The molecule has 5 heteroatoms. The van der Waals surface area contributed by atoms with Gasteiger partial charge in [0.25, 0.3) is 0 Å². The van der Waals surface area contributed by atoms with Gasteiger partial charge in [0.2, 0.25) is 0 Å². The zero-order chi connectivity index (χ0) is 10.7. The minimum absolute atomic E-state index is 0.154. The molecule has 1 unspecified atom stereocenters. The van der Waals surface area contributed by atoms with Crippen LogP contribution < -0.4 is 11.1 Å². The molecule has 0 heterocycles. The monoisotopic (exact) mass is 208 g/mol. The van der Waals surface area contributed by atoms with Gasteiger partial charge >= 0.3 is 0 Å². The smallest absolute Gasteiger partial charge is 0.153 e. The van der Waals surface area contributed by atoms with Crippen molar-refractivity contribution in [2.45, 2.75) is 31.6 Å². The summed E-state index contributed by atoms with van der Waals surface area (Å²) in [4.78, 5) is 0. The first-order valence-corrected chi connectivity index (χ1v) is 6.23. The summed E-state index contributed by atoms with van der Waals surface area (Å²) in [6, 6.07) is 0.154. The van der Waals surface area contributed by atoms with Gasteiger partial charge in [0.15, 0.2) is 9.84 Å². The first-order valence-electron chi connectivity index (χ1n) is 4.34. The standard InChI is InChI=1S/C8H20N2O2S/c1-7(5-9)10-6-8(2,3)13(4,11)12/h7,10H,5-6,9H2,1-4H3. The van der Waals surface area contributed by atoms with E-state index in [9.17, 15) is 8.42 Å². The highest BCUT2D eigenvalue weighted by molar-refractivity contribution is 7.92. The van der Waals surface area contributed by atoms with Crippen LogP contribution in [0.1, 0.15) is 20.8 Å². The summed E-state index contributed by atoms with van der Waals surface area (Å²) in [5.74, 6) is 0. The molecule has 0 saturated heterocycles. The van der Waals surface area contributed by atoms with Crippen molar-refractivity contribution in [3.63, 3.8) is 0 Å². The number of nitrogens with two attached hydrogens (primary N) is 1. The van der Waals surface area contributed by atoms with Crippen molar-refractivity contribution in [1.29, 1.82) is 0 Å². The van der Waals surface area contributed by atoms with Crippen LogP contribution >= 0.6 is 0 Å². The van der Waals surface area contributed by atoms with Crippen molar-refractivity contribution in [3.05, 3.63) is 0 Å². The summed E-state index contributed by atoms with van der Waals surface area (Å²) in [5, 5.41) is 3.07. The zero-order valence-corrected chi connectivity index (χ0v) is 9.61. The van der Waals surface area contributed by atoms with Crippen molar-refractivity contribution < 1.29 is 8.42 Å². The summed E-state index contributed by atoms with van der Waals surface area (Å²) in [7, 11) is -3.01. The van der Waals surface area contributed by atoms with Crippen LogP contribution in [0.3, 0.4) is 0 Å². The third-order valence-corrected chi connectivity index (χ3v) is 4.39. The van der Waals surface area contributed by atoms with Gasteiger partial charge in [0.1, 0.15) is 0 Å². The lowest BCUT2D eigenvalue weighted by atomic mass is 10.2. The molecule has 80 valence electrons. The van der Waals surface area contributed by atoms with Gasteiger partial charge in [-0.25, -0.2) is 8.42 Å². The Balaban J connectivity index is 4.21. The van der Waals surface area contributed by atoms with Crippen molar-refractivity contribution in [2.75, 3.05) is 19.3 Å². The molecule has 0 aromatic carbocycles. The van der Waals surface area contributed by atoms with Crippen LogP contribution in [0.4, 0.5) is 0 Å². The molecule has 0 rings (SSSR count). The van der Waals surface area contributed by atoms with E-state index in [1.807, 2.05) is 6.92 Å². The van der Waals surface area contributed by atoms with Gasteiger partial charge in [-0.1, -0.05) is 0 Å². The molecule has 0 aliphatic rings. The van der Waals surface area contributed by atoms with Gasteiger partial charge in [-0.15, -0.1) is 0 Å². The van der Waals surface area contributed by atoms with Crippen LogP contribution in [0.5, 0.6) is 0 Å². The van der Waals surface area contributed by atoms with Crippen molar-refractivity contribution >= 4 is 9.84 Å². The molecule has 4 nitrogen and oxygen atoms in total. The van der Waals surface area contributed by atoms with Crippen LogP contribution in [0.15, 0.2) is 0 Å². The van der Waals surface area contributed by atoms with E-state index >= 15 is 0 Å². The van der Waals surface area contributed by atoms with Crippen LogP contribution in [0, 0.1) is 0 Å². The molecule has 0 radical (unpaired) electrons. The fourth-order valence-electron chi connectivity index (χ4n) is 0.634. The average Bonchev–Trinajstić information content (AvgIpc) is 1.98. The van der Waals surface area contributed by atoms with E-state index in [-0.39, 0.29) is 6.04 Å². The lowest BCUT2D eigenvalue weighted by Crippen LogP contribution is -2.46. The minimum atomic E-state index is -3.01. The van der Waals surface area contributed by atoms with E-state index in [1.165, 1.54) is 6.26 Å². The van der Waals surface area contributed by atoms with E-state index in [0.717, 1.165) is 0 Å². The first kappa shape index (κ1) is 12.9. The highest BCUT2D eigenvalue weighted by Crippen LogP contribution is 2.13. The SMILES string of the molecule is CC(CN)NCC(C)(C)S(C)(=O)=O. The van der Waals surface area contributed by atoms with Gasteiger partial charge in [0, 0.05) is 25.4 Å². The highest BCUT2D eigenvalue weighted by atomic mass is 32.2. The Labute approximate surface area is 80.8 Å². The van der Waals surface area contributed by atoms with E-state index in [4.69, 9.17) is 5.73 Å². The fourth-order valence-corrected chi connectivity index (χ4v) is 0.980. The van der Waals surface area contributed by atoms with E-state index in [0.29, 0.717) is 13.1 Å². The molecule has 3 N–H and O–H groups in total. The summed E-state index contributed by atoms with van der Waals surface area (Å²) in [6.07, 6.45) is 1.25. The molecule has 0 bridgehead atoms. The second-order valence-electron chi connectivity index (χ2n) is 4.05. The van der Waals surface area contributed by atoms with Gasteiger partial charge in [-0.3, -0.25) is 0 Å². The largest absolute Gasteiger partial charge is 0.329 e. The van der Waals surface area contributed by atoms with E-state index < -0.39 is 14.6 Å². The number of hydrogen-bond donors (Lipinski definition) is 2. The van der Waals surface area contributed by atoms with Crippen LogP contribution in [-0.2, 0) is 9.84 Å². The number of nitrogens with one attached hydrogen (secondary N) is 1. The van der Waals surface area contributed by atoms with Crippen LogP contribution in [0.2, 0.25) is 0 Å². The number of rotatable bonds is 5. The molecule has 0 aliphatic heterocycles. The second-order valence-corrected chi connectivity index (χ2v) is 6.70. The normalized spacial score (nSPS) is 15.8. The molecule has 0 aromatic rings. The maximum Gasteiger partial charge on any atom is 0.153 e. The molecule has 0 aliphatic carbocycles. The minimum Gasteiger partial charge on any atom is -0.329 e. The lowest BCUT2D eigenvalue weighted by Gasteiger charge is -2.24. The topological polar surface area (TPSA) is 72.2 Å². The van der Waals surface area contributed by atoms with Gasteiger partial charge in [-0.2, -0.15) is 0 Å². The third-order valence-electron chi connectivity index (χ3n) is 2.23. The maximum absolute atomic E-state index is 11.3. The maximum atomic E-state index is 11.3. The van der Waals surface area contributed by atoms with Gasteiger partial charge in [-0.05, 0) is 20.8 Å². The Bertz CT molecular complexity index is 247. The van der Waals surface area contributed by atoms with Gasteiger partial charge in [0.05, 0.1) is 4.75 Å². The quantitative estimate of drug-likeness (QED) is 0.653. The van der Waals surface area contributed by atoms with E-state index in [1.54, 1.807) is 13.8 Å². The van der Waals surface area contributed by atoms with E-state index in [2.05, 4.69) is 5.32 Å². The third kappa shape index (κ3) is 4.06. The van der Waals surface area contributed by atoms with Crippen molar-refractivity contribution in [2.24, 2.45) is 5.73 Å². The summed E-state index contributed by atoms with van der Waals surface area (Å²) < 4.78 is 21.8. The molecule has 13 heavy (non-hydrogen) atoms. The number of sulfone groups is 1. The summed E-state index contributed by atoms with van der Waals surface area (Å²) >= 11 is 0. The number of hydrogen-bond acceptors (Lipinski definition) is 4. The lowest BCUT2D eigenvalue weighted by molar-refractivity contribution is 0.483. The van der Waals surface area contributed by atoms with Crippen LogP contribution in [-0.4, -0.2) is 38.6 Å². The summed E-state index contributed by atoms with van der Waals surface area (Å²) in [6.45, 7) is 6.29. The fraction of sp³-hybridized carbons (Fsp3) is 1.00. The summed E-state index contributed by atoms with van der Waals surface area (Å²) in [5.41, 5.74) is 5.40. The molecule has 0 saturated carbocycles. The molecule has 0 aromatic heterocycles. The Morgan fingerprint density at radius 3 is 2.23 bits per heavy atom. The second kappa shape index (κ2) is 4.39. The molecule has 0 amide bonds. The Hall–Kier alpha value is -0.130.